The van der Waals surface area contributed by atoms with E-state index in [1.54, 1.807) is 0 Å². The van der Waals surface area contributed by atoms with Crippen LogP contribution in [0.5, 0.6) is 0 Å². The summed E-state index contributed by atoms with van der Waals surface area (Å²) in [6.07, 6.45) is 0.244. The van der Waals surface area contributed by atoms with Crippen molar-refractivity contribution in [1.29, 1.82) is 0 Å². The molecular weight excluding hydrogens is 304 g/mol. The highest BCUT2D eigenvalue weighted by molar-refractivity contribution is 6.18. The van der Waals surface area contributed by atoms with Crippen molar-refractivity contribution in [3.05, 3.63) is 29.8 Å². The summed E-state index contributed by atoms with van der Waals surface area (Å²) in [4.78, 5) is 13.8. The maximum absolute atomic E-state index is 11.7. The molecule has 0 bridgehead atoms. The van der Waals surface area contributed by atoms with Gasteiger partial charge in [-0.1, -0.05) is 18.2 Å². The lowest BCUT2D eigenvalue weighted by atomic mass is 10.2. The zero-order valence-corrected chi connectivity index (χ0v) is 13.0. The number of alkyl halides is 1. The highest BCUT2D eigenvalue weighted by Crippen LogP contribution is 2.32. The lowest BCUT2D eigenvalue weighted by Gasteiger charge is -2.30. The van der Waals surface area contributed by atoms with Gasteiger partial charge < -0.3 is 19.3 Å². The Balaban J connectivity index is 2.16. The smallest absolute Gasteiger partial charge is 0.154 e. The van der Waals surface area contributed by atoms with Crippen LogP contribution in [0, 0.1) is 0 Å². The van der Waals surface area contributed by atoms with Gasteiger partial charge in [0.25, 0.3) is 0 Å². The predicted molar refractivity (Wildman–Crippen MR) is 87.1 cm³/mol. The highest BCUT2D eigenvalue weighted by Gasteiger charge is 2.24. The highest BCUT2D eigenvalue weighted by atomic mass is 35.5. The number of fused-ring (bicyclic) bond motifs is 1. The Kier molecular flexibility index (Phi) is 4.66. The number of carbonyl (C=O) groups is 1. The fourth-order valence-corrected chi connectivity index (χ4v) is 3.09. The molecule has 0 spiro atoms. The topological polar surface area (TPSA) is 54.7 Å². The van der Waals surface area contributed by atoms with Crippen LogP contribution in [0.15, 0.2) is 24.3 Å². The van der Waals surface area contributed by atoms with Crippen molar-refractivity contribution in [1.82, 2.24) is 4.57 Å². The number of benzene rings is 1. The van der Waals surface area contributed by atoms with Gasteiger partial charge in [0.1, 0.15) is 5.82 Å². The van der Waals surface area contributed by atoms with Crippen molar-refractivity contribution < 1.29 is 14.6 Å². The number of aliphatic hydroxyl groups excluding tert-OH is 1. The van der Waals surface area contributed by atoms with E-state index in [2.05, 4.69) is 4.90 Å². The summed E-state index contributed by atoms with van der Waals surface area (Å²) < 4.78 is 7.40. The molecule has 0 amide bonds. The molecule has 6 heteroatoms. The van der Waals surface area contributed by atoms with Crippen LogP contribution in [0.4, 0.5) is 5.82 Å². The third kappa shape index (κ3) is 2.72. The molecule has 1 aromatic heterocycles. The molecule has 2 heterocycles. The average Bonchev–Trinajstić information content (AvgIpc) is 2.89. The summed E-state index contributed by atoms with van der Waals surface area (Å²) in [5.74, 6) is 1.01. The number of carbonyl (C=O) groups excluding carboxylic acids is 1. The van der Waals surface area contributed by atoms with E-state index in [9.17, 15) is 9.90 Å². The van der Waals surface area contributed by atoms with Crippen molar-refractivity contribution in [3.8, 4) is 0 Å². The predicted octanol–water partition coefficient (Wildman–Crippen LogP) is 1.89. The molecule has 3 rings (SSSR count). The molecule has 1 N–H and O–H groups in total. The Morgan fingerprint density at radius 2 is 2.05 bits per heavy atom. The van der Waals surface area contributed by atoms with Crippen LogP contribution >= 0.6 is 11.6 Å². The largest absolute Gasteiger partial charge is 0.390 e. The van der Waals surface area contributed by atoms with Crippen molar-refractivity contribution in [3.63, 3.8) is 0 Å². The van der Waals surface area contributed by atoms with Gasteiger partial charge in [-0.05, 0) is 6.07 Å². The second-order valence-corrected chi connectivity index (χ2v) is 5.70. The van der Waals surface area contributed by atoms with Crippen LogP contribution in [0.3, 0.4) is 0 Å². The van der Waals surface area contributed by atoms with Gasteiger partial charge in [-0.2, -0.15) is 0 Å². The first-order chi connectivity index (χ1) is 10.8. The number of para-hydroxylation sites is 1. The molecule has 118 valence electrons. The van der Waals surface area contributed by atoms with Crippen molar-refractivity contribution in [2.75, 3.05) is 37.1 Å². The van der Waals surface area contributed by atoms with Gasteiger partial charge in [0.05, 0.1) is 42.8 Å². The number of hydrogen-bond acceptors (Lipinski definition) is 4. The SMILES string of the molecule is O=Cc1c(N2CCOCC2)n(CC(O)CCl)c2ccccc12. The number of morpholine rings is 1. The van der Waals surface area contributed by atoms with Crippen molar-refractivity contribution >= 4 is 34.6 Å². The molecule has 1 aromatic carbocycles. The summed E-state index contributed by atoms with van der Waals surface area (Å²) in [5, 5.41) is 10.9. The van der Waals surface area contributed by atoms with Gasteiger partial charge in [-0.25, -0.2) is 0 Å². The molecule has 0 saturated carbocycles. The molecule has 22 heavy (non-hydrogen) atoms. The van der Waals surface area contributed by atoms with Crippen LogP contribution in [0.1, 0.15) is 10.4 Å². The minimum Gasteiger partial charge on any atom is -0.390 e. The van der Waals surface area contributed by atoms with E-state index in [0.29, 0.717) is 25.3 Å². The van der Waals surface area contributed by atoms with Gasteiger partial charge in [0.2, 0.25) is 0 Å². The molecule has 1 aliphatic rings. The Morgan fingerprint density at radius 3 is 2.73 bits per heavy atom. The summed E-state index contributed by atoms with van der Waals surface area (Å²) in [7, 11) is 0. The van der Waals surface area contributed by atoms with E-state index in [1.807, 2.05) is 28.8 Å². The van der Waals surface area contributed by atoms with E-state index < -0.39 is 6.10 Å². The number of aliphatic hydroxyl groups is 1. The first-order valence-electron chi connectivity index (χ1n) is 7.39. The summed E-state index contributed by atoms with van der Waals surface area (Å²) >= 11 is 5.77. The van der Waals surface area contributed by atoms with E-state index >= 15 is 0 Å². The summed E-state index contributed by atoms with van der Waals surface area (Å²) in [5.41, 5.74) is 1.61. The fraction of sp³-hybridized carbons (Fsp3) is 0.438. The number of nitrogens with zero attached hydrogens (tertiary/aromatic N) is 2. The third-order valence-electron chi connectivity index (χ3n) is 3.98. The van der Waals surface area contributed by atoms with Gasteiger partial charge >= 0.3 is 0 Å². The van der Waals surface area contributed by atoms with Crippen LogP contribution in [0.25, 0.3) is 10.9 Å². The minimum atomic E-state index is -0.656. The second-order valence-electron chi connectivity index (χ2n) is 5.39. The van der Waals surface area contributed by atoms with Crippen LogP contribution in [-0.4, -0.2) is 54.2 Å². The molecule has 1 unspecified atom stereocenters. The number of anilines is 1. The van der Waals surface area contributed by atoms with Crippen LogP contribution in [-0.2, 0) is 11.3 Å². The standard InChI is InChI=1S/C16H19ClN2O3/c17-9-12(21)10-19-15-4-2-1-3-13(15)14(11-20)16(19)18-5-7-22-8-6-18/h1-4,11-12,21H,5-10H2. The third-order valence-corrected chi connectivity index (χ3v) is 4.34. The summed E-state index contributed by atoms with van der Waals surface area (Å²) in [6, 6.07) is 7.75. The quantitative estimate of drug-likeness (QED) is 0.674. The number of aromatic nitrogens is 1. The Labute approximate surface area is 134 Å². The number of halogens is 1. The van der Waals surface area contributed by atoms with Crippen molar-refractivity contribution in [2.24, 2.45) is 0 Å². The Hall–Kier alpha value is -1.56. The normalized spacial score (nSPS) is 16.9. The lowest BCUT2D eigenvalue weighted by molar-refractivity contribution is 0.111. The number of hydrogen-bond donors (Lipinski definition) is 1. The molecule has 2 aromatic rings. The van der Waals surface area contributed by atoms with E-state index in [1.165, 1.54) is 0 Å². The van der Waals surface area contributed by atoms with Gasteiger partial charge in [0.15, 0.2) is 6.29 Å². The zero-order valence-electron chi connectivity index (χ0n) is 12.2. The first kappa shape index (κ1) is 15.3. The maximum Gasteiger partial charge on any atom is 0.154 e. The molecule has 1 atom stereocenters. The van der Waals surface area contributed by atoms with Crippen molar-refractivity contribution in [2.45, 2.75) is 12.6 Å². The average molecular weight is 323 g/mol. The monoisotopic (exact) mass is 322 g/mol. The minimum absolute atomic E-state index is 0.158. The zero-order chi connectivity index (χ0) is 15.5. The van der Waals surface area contributed by atoms with E-state index in [4.69, 9.17) is 16.3 Å². The molecule has 0 radical (unpaired) electrons. The molecule has 0 aliphatic carbocycles. The Bertz CT molecular complexity index is 665. The van der Waals surface area contributed by atoms with Crippen LogP contribution < -0.4 is 4.90 Å². The van der Waals surface area contributed by atoms with Gasteiger partial charge in [-0.3, -0.25) is 4.79 Å². The lowest BCUT2D eigenvalue weighted by Crippen LogP contribution is -2.38. The Morgan fingerprint density at radius 1 is 1.32 bits per heavy atom. The fourth-order valence-electron chi connectivity index (χ4n) is 2.99. The number of ether oxygens (including phenoxy) is 1. The summed E-state index contributed by atoms with van der Waals surface area (Å²) in [6.45, 7) is 3.10. The maximum atomic E-state index is 11.7. The molecule has 1 aliphatic heterocycles. The molecular formula is C16H19ClN2O3. The van der Waals surface area contributed by atoms with Crippen LogP contribution in [0.2, 0.25) is 0 Å². The first-order valence-corrected chi connectivity index (χ1v) is 7.93. The van der Waals surface area contributed by atoms with E-state index in [-0.39, 0.29) is 5.88 Å². The molecule has 1 fully saturated rings. The number of aldehydes is 1. The van der Waals surface area contributed by atoms with Gasteiger partial charge in [0, 0.05) is 18.5 Å². The number of rotatable bonds is 5. The van der Waals surface area contributed by atoms with E-state index in [0.717, 1.165) is 36.1 Å². The second kappa shape index (κ2) is 6.69. The van der Waals surface area contributed by atoms with Gasteiger partial charge in [-0.15, -0.1) is 11.6 Å². The molecule has 1 saturated heterocycles. The molecule has 5 nitrogen and oxygen atoms in total.